The number of nitrogens with zero attached hydrogens (tertiary/aromatic N) is 3. The molecule has 3 saturated carbocycles. The maximum atomic E-state index is 14.8. The van der Waals surface area contributed by atoms with Crippen LogP contribution in [0.1, 0.15) is 128 Å². The van der Waals surface area contributed by atoms with Gasteiger partial charge in [-0.1, -0.05) is 66.2 Å². The van der Waals surface area contributed by atoms with E-state index in [4.69, 9.17) is 0 Å². The molecule has 1 aliphatic heterocycles. The Bertz CT molecular complexity index is 1400. The Labute approximate surface area is 295 Å². The van der Waals surface area contributed by atoms with E-state index in [0.29, 0.717) is 19.3 Å². The number of hydrogen-bond donors (Lipinski definition) is 4. The molecule has 5 amide bonds. The summed E-state index contributed by atoms with van der Waals surface area (Å²) in [6, 6.07) is -3.89. The normalized spacial score (nSPS) is 24.2. The van der Waals surface area contributed by atoms with Crippen molar-refractivity contribution >= 4 is 35.3 Å². The second-order valence-corrected chi connectivity index (χ2v) is 15.8. The summed E-state index contributed by atoms with van der Waals surface area (Å²) in [6.07, 6.45) is 15.3. The molecule has 1 aromatic heterocycles. The van der Waals surface area contributed by atoms with Crippen LogP contribution in [0.4, 0.5) is 0 Å². The van der Waals surface area contributed by atoms with E-state index in [1.165, 1.54) is 18.6 Å². The first-order chi connectivity index (χ1) is 23.9. The van der Waals surface area contributed by atoms with Crippen LogP contribution in [0.5, 0.6) is 0 Å². The predicted molar refractivity (Wildman–Crippen MR) is 185 cm³/mol. The van der Waals surface area contributed by atoms with E-state index in [0.717, 1.165) is 70.6 Å². The molecule has 0 radical (unpaired) electrons. The van der Waals surface area contributed by atoms with E-state index >= 15 is 0 Å². The SMILES string of the molecule is CCC[C@H](NC(=O)[C@@H]1CC2CCCCC2N1C(=O)[C@@H](NC(=O)[C@@H](NC(=O)c1cnccn1)C1CCCCC1)C(C)(C)C)C(=O)C(=O)NC1CC1. The first kappa shape index (κ1) is 37.4. The summed E-state index contributed by atoms with van der Waals surface area (Å²) >= 11 is 0. The van der Waals surface area contributed by atoms with Crippen LogP contribution in [-0.2, 0) is 24.0 Å². The van der Waals surface area contributed by atoms with E-state index in [9.17, 15) is 28.8 Å². The van der Waals surface area contributed by atoms with Crippen LogP contribution >= 0.6 is 0 Å². The summed E-state index contributed by atoms with van der Waals surface area (Å²) in [5, 5.41) is 11.5. The highest BCUT2D eigenvalue weighted by Crippen LogP contribution is 2.41. The Morgan fingerprint density at radius 2 is 1.58 bits per heavy atom. The number of aromatic nitrogens is 2. The number of amides is 5. The zero-order chi connectivity index (χ0) is 36.0. The molecule has 5 rings (SSSR count). The van der Waals surface area contributed by atoms with Crippen molar-refractivity contribution in [3.05, 3.63) is 24.3 Å². The Kier molecular flexibility index (Phi) is 12.3. The van der Waals surface area contributed by atoms with Gasteiger partial charge >= 0.3 is 0 Å². The minimum absolute atomic E-state index is 0.0121. The Morgan fingerprint density at radius 3 is 2.22 bits per heavy atom. The standard InChI is InChI=1S/C37H55N7O6/c1-5-11-25(30(45)35(49)40-24-16-17-24)41-33(47)28-20-23-14-9-10-15-27(23)44(28)36(50)31(37(2,3)4)43-34(48)29(22-12-7-6-8-13-22)42-32(46)26-21-38-18-19-39-26/h18-19,21-25,27-29,31H,5-17,20H2,1-4H3,(H,40,49)(H,41,47)(H,42,46)(H,43,48)/t23?,25-,27?,28-,29-,31+/m0/s1. The third kappa shape index (κ3) is 9.06. The van der Waals surface area contributed by atoms with E-state index in [2.05, 4.69) is 31.2 Å². The zero-order valence-electron chi connectivity index (χ0n) is 30.0. The van der Waals surface area contributed by atoms with Crippen molar-refractivity contribution in [1.29, 1.82) is 0 Å². The fourth-order valence-electron chi connectivity index (χ4n) is 8.01. The fraction of sp³-hybridized carbons (Fsp3) is 0.730. The van der Waals surface area contributed by atoms with Crippen LogP contribution < -0.4 is 21.3 Å². The number of Topliss-reactive ketones (excluding diaryl/α,β-unsaturated/α-hetero) is 1. The summed E-state index contributed by atoms with van der Waals surface area (Å²) in [5.41, 5.74) is -0.641. The molecule has 2 heterocycles. The van der Waals surface area contributed by atoms with Crippen molar-refractivity contribution in [1.82, 2.24) is 36.1 Å². The number of nitrogens with one attached hydrogen (secondary N) is 4. The Morgan fingerprint density at radius 1 is 0.880 bits per heavy atom. The lowest BCUT2D eigenvalue weighted by atomic mass is 9.81. The molecule has 3 aliphatic carbocycles. The van der Waals surface area contributed by atoms with Crippen LogP contribution in [0.3, 0.4) is 0 Å². The van der Waals surface area contributed by atoms with Crippen molar-refractivity contribution in [2.24, 2.45) is 17.3 Å². The lowest BCUT2D eigenvalue weighted by Crippen LogP contribution is -2.63. The lowest BCUT2D eigenvalue weighted by Gasteiger charge is -2.40. The average Bonchev–Trinajstić information content (AvgIpc) is 3.84. The largest absolute Gasteiger partial charge is 0.347 e. The molecule has 4 fully saturated rings. The number of likely N-dealkylation sites (tertiary alicyclic amines) is 1. The maximum Gasteiger partial charge on any atom is 0.289 e. The number of carbonyl (C=O) groups excluding carboxylic acids is 6. The number of rotatable bonds is 13. The molecule has 0 aromatic carbocycles. The third-order valence-corrected chi connectivity index (χ3v) is 10.9. The topological polar surface area (TPSA) is 180 Å². The third-order valence-electron chi connectivity index (χ3n) is 10.9. The van der Waals surface area contributed by atoms with Crippen molar-refractivity contribution in [2.45, 2.75) is 154 Å². The number of ketones is 1. The van der Waals surface area contributed by atoms with Crippen LogP contribution in [0.25, 0.3) is 0 Å². The van der Waals surface area contributed by atoms with Gasteiger partial charge in [0.25, 0.3) is 11.8 Å². The van der Waals surface area contributed by atoms with Crippen LogP contribution in [0.2, 0.25) is 0 Å². The van der Waals surface area contributed by atoms with Gasteiger partial charge in [0.1, 0.15) is 23.8 Å². The quantitative estimate of drug-likeness (QED) is 0.228. The molecule has 13 nitrogen and oxygen atoms in total. The monoisotopic (exact) mass is 693 g/mol. The minimum atomic E-state index is -0.997. The molecule has 2 unspecified atom stereocenters. The molecule has 50 heavy (non-hydrogen) atoms. The van der Waals surface area contributed by atoms with Crippen LogP contribution in [0, 0.1) is 17.3 Å². The molecule has 6 atom stereocenters. The van der Waals surface area contributed by atoms with Gasteiger partial charge < -0.3 is 26.2 Å². The highest BCUT2D eigenvalue weighted by molar-refractivity contribution is 6.38. The van der Waals surface area contributed by atoms with Crippen molar-refractivity contribution in [3.8, 4) is 0 Å². The second kappa shape index (κ2) is 16.4. The molecule has 13 heteroatoms. The summed E-state index contributed by atoms with van der Waals surface area (Å²) < 4.78 is 0. The zero-order valence-corrected chi connectivity index (χ0v) is 30.0. The van der Waals surface area contributed by atoms with E-state index in [-0.39, 0.29) is 35.5 Å². The van der Waals surface area contributed by atoms with E-state index in [1.807, 2.05) is 27.7 Å². The first-order valence-electron chi connectivity index (χ1n) is 18.7. The molecular weight excluding hydrogens is 638 g/mol. The lowest BCUT2D eigenvalue weighted by molar-refractivity contribution is -0.147. The molecule has 4 aliphatic rings. The predicted octanol–water partition coefficient (Wildman–Crippen LogP) is 2.98. The molecule has 1 aromatic rings. The maximum absolute atomic E-state index is 14.8. The second-order valence-electron chi connectivity index (χ2n) is 15.8. The van der Waals surface area contributed by atoms with Crippen molar-refractivity contribution in [3.63, 3.8) is 0 Å². The number of fused-ring (bicyclic) bond motifs is 1. The average molecular weight is 694 g/mol. The van der Waals surface area contributed by atoms with Gasteiger partial charge in [0, 0.05) is 24.5 Å². The Hall–Kier alpha value is -3.90. The summed E-state index contributed by atoms with van der Waals surface area (Å²) in [7, 11) is 0. The molecular formula is C37H55N7O6. The highest BCUT2D eigenvalue weighted by Gasteiger charge is 2.51. The van der Waals surface area contributed by atoms with Gasteiger partial charge in [-0.15, -0.1) is 0 Å². The molecule has 4 N–H and O–H groups in total. The number of hydrogen-bond acceptors (Lipinski definition) is 8. The van der Waals surface area contributed by atoms with Gasteiger partial charge in [-0.25, -0.2) is 4.98 Å². The van der Waals surface area contributed by atoms with Gasteiger partial charge in [-0.3, -0.25) is 33.8 Å². The number of carbonyl (C=O) groups is 6. The Balaban J connectivity index is 1.38. The minimum Gasteiger partial charge on any atom is -0.347 e. The van der Waals surface area contributed by atoms with Gasteiger partial charge in [-0.05, 0) is 68.6 Å². The van der Waals surface area contributed by atoms with Crippen molar-refractivity contribution < 1.29 is 28.8 Å². The van der Waals surface area contributed by atoms with E-state index < -0.39 is 59.0 Å². The summed E-state index contributed by atoms with van der Waals surface area (Å²) in [5.74, 6) is -3.12. The summed E-state index contributed by atoms with van der Waals surface area (Å²) in [6.45, 7) is 7.52. The fourth-order valence-corrected chi connectivity index (χ4v) is 8.01. The molecule has 274 valence electrons. The van der Waals surface area contributed by atoms with Crippen molar-refractivity contribution in [2.75, 3.05) is 0 Å². The van der Waals surface area contributed by atoms with Gasteiger partial charge in [0.15, 0.2) is 0 Å². The van der Waals surface area contributed by atoms with Gasteiger partial charge in [0.2, 0.25) is 23.5 Å². The van der Waals surface area contributed by atoms with Gasteiger partial charge in [-0.2, -0.15) is 0 Å². The molecule has 1 saturated heterocycles. The smallest absolute Gasteiger partial charge is 0.289 e. The van der Waals surface area contributed by atoms with Gasteiger partial charge in [0.05, 0.1) is 12.2 Å². The van der Waals surface area contributed by atoms with Crippen LogP contribution in [0.15, 0.2) is 18.6 Å². The van der Waals surface area contributed by atoms with Crippen LogP contribution in [-0.4, -0.2) is 86.4 Å². The highest BCUT2D eigenvalue weighted by atomic mass is 16.2. The first-order valence-corrected chi connectivity index (χ1v) is 18.7. The van der Waals surface area contributed by atoms with E-state index in [1.54, 1.807) is 4.90 Å². The summed E-state index contributed by atoms with van der Waals surface area (Å²) in [4.78, 5) is 91.9. The molecule has 0 bridgehead atoms. The molecule has 0 spiro atoms.